The molecule has 0 aromatic carbocycles. The number of ether oxygens (including phenoxy) is 1. The van der Waals surface area contributed by atoms with Gasteiger partial charge < -0.3 is 25.2 Å². The van der Waals surface area contributed by atoms with E-state index in [9.17, 15) is 4.79 Å². The Morgan fingerprint density at radius 1 is 1.00 bits per heavy atom. The molecule has 3 heterocycles. The normalized spacial score (nSPS) is 25.8. The molecule has 0 saturated carbocycles. The smallest absolute Gasteiger partial charge is 0.410 e. The molecule has 3 fully saturated rings. The zero-order valence-corrected chi connectivity index (χ0v) is 16.9. The predicted molar refractivity (Wildman–Crippen MR) is 103 cm³/mol. The van der Waals surface area contributed by atoms with Crippen molar-refractivity contribution in [3.05, 3.63) is 0 Å². The third kappa shape index (κ3) is 5.09. The highest BCUT2D eigenvalue weighted by molar-refractivity contribution is 5.70. The first-order valence-corrected chi connectivity index (χ1v) is 10.2. The molecule has 3 aliphatic heterocycles. The fourth-order valence-corrected chi connectivity index (χ4v) is 4.41. The van der Waals surface area contributed by atoms with Crippen LogP contribution >= 0.6 is 0 Å². The second-order valence-corrected chi connectivity index (χ2v) is 9.01. The van der Waals surface area contributed by atoms with Gasteiger partial charge in [-0.3, -0.25) is 4.90 Å². The van der Waals surface area contributed by atoms with Gasteiger partial charge in [-0.05, 0) is 20.4 Å². The van der Waals surface area contributed by atoms with Crippen molar-refractivity contribution in [2.45, 2.75) is 44.8 Å². The summed E-state index contributed by atoms with van der Waals surface area (Å²) in [6, 6.07) is 0. The number of likely N-dealkylation sites (tertiary alicyclic amines) is 1. The molecule has 3 rings (SSSR count). The van der Waals surface area contributed by atoms with Crippen LogP contribution in [0.5, 0.6) is 0 Å². The zero-order valence-electron chi connectivity index (χ0n) is 16.9. The number of nitrogens with two attached hydrogens (primary N) is 1. The lowest BCUT2D eigenvalue weighted by Gasteiger charge is -2.39. The molecular weight excluding hydrogens is 330 g/mol. The minimum atomic E-state index is -0.271. The second-order valence-electron chi connectivity index (χ2n) is 9.01. The quantitative estimate of drug-likeness (QED) is 0.744. The van der Waals surface area contributed by atoms with E-state index >= 15 is 0 Å². The van der Waals surface area contributed by atoms with E-state index in [1.165, 1.54) is 0 Å². The Kier molecular flexibility index (Phi) is 6.11. The molecule has 26 heavy (non-hydrogen) atoms. The van der Waals surface area contributed by atoms with Crippen LogP contribution < -0.4 is 5.73 Å². The minimum Gasteiger partial charge on any atom is -0.441 e. The van der Waals surface area contributed by atoms with Crippen molar-refractivity contribution < 1.29 is 9.53 Å². The molecule has 0 aromatic heterocycles. The van der Waals surface area contributed by atoms with Crippen LogP contribution in [-0.2, 0) is 4.74 Å². The molecule has 0 aromatic rings. The topological polar surface area (TPSA) is 65.3 Å². The van der Waals surface area contributed by atoms with E-state index in [0.29, 0.717) is 0 Å². The number of carbonyl (C=O) groups is 1. The highest BCUT2D eigenvalue weighted by atomic mass is 16.6. The first kappa shape index (κ1) is 19.9. The summed E-state index contributed by atoms with van der Waals surface area (Å²) in [7, 11) is 0. The van der Waals surface area contributed by atoms with Crippen LogP contribution in [0.15, 0.2) is 0 Å². The van der Waals surface area contributed by atoms with E-state index in [1.807, 2.05) is 4.90 Å². The molecule has 1 amide bonds. The summed E-state index contributed by atoms with van der Waals surface area (Å²) in [5.74, 6) is 0. The van der Waals surface area contributed by atoms with Crippen molar-refractivity contribution in [1.29, 1.82) is 0 Å². The lowest BCUT2D eigenvalue weighted by atomic mass is 9.90. The molecule has 2 N–H and O–H groups in total. The molecule has 0 unspecified atom stereocenters. The molecule has 0 radical (unpaired) electrons. The number of likely N-dealkylation sites (N-methyl/N-ethyl adjacent to an activating group) is 1. The minimum absolute atomic E-state index is 0.121. The van der Waals surface area contributed by atoms with Crippen molar-refractivity contribution in [2.24, 2.45) is 5.73 Å². The van der Waals surface area contributed by atoms with Gasteiger partial charge in [-0.1, -0.05) is 6.92 Å². The van der Waals surface area contributed by atoms with Gasteiger partial charge in [-0.2, -0.15) is 0 Å². The summed E-state index contributed by atoms with van der Waals surface area (Å²) in [5, 5.41) is 0. The van der Waals surface area contributed by atoms with Crippen molar-refractivity contribution in [3.8, 4) is 0 Å². The third-order valence-corrected chi connectivity index (χ3v) is 6.04. The summed E-state index contributed by atoms with van der Waals surface area (Å²) in [5.41, 5.74) is 5.69. The molecule has 1 spiro atoms. The lowest BCUT2D eigenvalue weighted by Crippen LogP contribution is -2.52. The molecular formula is C19H37N5O2. The van der Waals surface area contributed by atoms with Crippen molar-refractivity contribution >= 4 is 6.09 Å². The standard InChI is InChI=1S/C19H37N5O2/c1-4-21-9-11-22(12-10-21)13-14-24-16-19(26-17(24)25)5-7-23(8-6-19)15-18(2,3)20/h4-16,20H2,1-3H3. The van der Waals surface area contributed by atoms with E-state index in [0.717, 1.165) is 84.8 Å². The Bertz CT molecular complexity index is 477. The molecule has 0 bridgehead atoms. The van der Waals surface area contributed by atoms with Crippen LogP contribution in [0.25, 0.3) is 0 Å². The average molecular weight is 368 g/mol. The van der Waals surface area contributed by atoms with Crippen LogP contribution in [0.4, 0.5) is 4.79 Å². The lowest BCUT2D eigenvalue weighted by molar-refractivity contribution is -0.00292. The fraction of sp³-hybridized carbons (Fsp3) is 0.947. The van der Waals surface area contributed by atoms with Gasteiger partial charge in [0, 0.05) is 77.3 Å². The Hall–Kier alpha value is -0.890. The largest absolute Gasteiger partial charge is 0.441 e. The van der Waals surface area contributed by atoms with Crippen LogP contribution in [0.3, 0.4) is 0 Å². The summed E-state index contributed by atoms with van der Waals surface area (Å²) in [6.07, 6.45) is 1.71. The summed E-state index contributed by atoms with van der Waals surface area (Å²) in [4.78, 5) is 21.6. The van der Waals surface area contributed by atoms with Gasteiger partial charge in [-0.15, -0.1) is 0 Å². The first-order chi connectivity index (χ1) is 12.3. The zero-order chi connectivity index (χ0) is 18.8. The summed E-state index contributed by atoms with van der Waals surface area (Å²) in [6.45, 7) is 17.3. The Labute approximate surface area is 158 Å². The molecule has 3 aliphatic rings. The number of carbonyl (C=O) groups excluding carboxylic acids is 1. The maximum atomic E-state index is 12.4. The highest BCUT2D eigenvalue weighted by Crippen LogP contribution is 2.33. The van der Waals surface area contributed by atoms with Crippen molar-refractivity contribution in [1.82, 2.24) is 19.6 Å². The first-order valence-electron chi connectivity index (χ1n) is 10.2. The maximum absolute atomic E-state index is 12.4. The van der Waals surface area contributed by atoms with E-state index < -0.39 is 0 Å². The van der Waals surface area contributed by atoms with Gasteiger partial charge in [0.1, 0.15) is 5.60 Å². The van der Waals surface area contributed by atoms with E-state index in [1.54, 1.807) is 0 Å². The number of hydrogen-bond acceptors (Lipinski definition) is 6. The van der Waals surface area contributed by atoms with Crippen molar-refractivity contribution in [2.75, 3.05) is 72.0 Å². The predicted octanol–water partition coefficient (Wildman–Crippen LogP) is 0.648. The van der Waals surface area contributed by atoms with E-state index in [-0.39, 0.29) is 17.2 Å². The highest BCUT2D eigenvalue weighted by Gasteiger charge is 2.47. The molecule has 7 heteroatoms. The van der Waals surface area contributed by atoms with Gasteiger partial charge in [0.05, 0.1) is 6.54 Å². The number of rotatable bonds is 6. The number of amides is 1. The summed E-state index contributed by atoms with van der Waals surface area (Å²) >= 11 is 0. The SMILES string of the molecule is CCN1CCN(CCN2CC3(CCN(CC(C)(C)N)CC3)OC2=O)CC1. The molecule has 7 nitrogen and oxygen atoms in total. The number of piperidine rings is 1. The van der Waals surface area contributed by atoms with E-state index in [2.05, 4.69) is 35.5 Å². The second kappa shape index (κ2) is 8.00. The van der Waals surface area contributed by atoms with Crippen LogP contribution in [0.2, 0.25) is 0 Å². The van der Waals surface area contributed by atoms with Crippen molar-refractivity contribution in [3.63, 3.8) is 0 Å². The third-order valence-electron chi connectivity index (χ3n) is 6.04. The van der Waals surface area contributed by atoms with Gasteiger partial charge in [0.15, 0.2) is 0 Å². The number of piperazine rings is 1. The number of nitrogens with zero attached hydrogens (tertiary/aromatic N) is 4. The van der Waals surface area contributed by atoms with Gasteiger partial charge in [-0.25, -0.2) is 4.79 Å². The molecule has 150 valence electrons. The summed E-state index contributed by atoms with van der Waals surface area (Å²) < 4.78 is 5.86. The average Bonchev–Trinajstić information content (AvgIpc) is 2.90. The molecule has 0 atom stereocenters. The fourth-order valence-electron chi connectivity index (χ4n) is 4.41. The van der Waals surface area contributed by atoms with Crippen LogP contribution in [-0.4, -0.2) is 109 Å². The molecule has 0 aliphatic carbocycles. The van der Waals surface area contributed by atoms with Gasteiger partial charge in [0.25, 0.3) is 0 Å². The van der Waals surface area contributed by atoms with Gasteiger partial charge in [0.2, 0.25) is 0 Å². The molecule has 3 saturated heterocycles. The number of hydrogen-bond donors (Lipinski definition) is 1. The van der Waals surface area contributed by atoms with Crippen LogP contribution in [0.1, 0.15) is 33.6 Å². The van der Waals surface area contributed by atoms with E-state index in [4.69, 9.17) is 10.5 Å². The van der Waals surface area contributed by atoms with Gasteiger partial charge >= 0.3 is 6.09 Å². The monoisotopic (exact) mass is 367 g/mol. The maximum Gasteiger partial charge on any atom is 0.410 e. The Morgan fingerprint density at radius 3 is 2.19 bits per heavy atom. The Balaban J connectivity index is 1.43. The Morgan fingerprint density at radius 2 is 1.62 bits per heavy atom. The van der Waals surface area contributed by atoms with Crippen LogP contribution in [0, 0.1) is 0 Å².